The van der Waals surface area contributed by atoms with Crippen molar-refractivity contribution in [2.24, 2.45) is 0 Å². The molecule has 1 aromatic carbocycles. The number of carbonyl (C=O) groups excluding carboxylic acids is 1. The zero-order valence-electron chi connectivity index (χ0n) is 10.4. The summed E-state index contributed by atoms with van der Waals surface area (Å²) in [5.41, 5.74) is -0.192. The molecule has 21 heavy (non-hydrogen) atoms. The van der Waals surface area contributed by atoms with Crippen molar-refractivity contribution in [1.29, 1.82) is 0 Å². The molecule has 0 bridgehead atoms. The van der Waals surface area contributed by atoms with Crippen LogP contribution in [0, 0.1) is 0 Å². The van der Waals surface area contributed by atoms with Crippen LogP contribution in [0.4, 0.5) is 10.5 Å². The summed E-state index contributed by atoms with van der Waals surface area (Å²) in [4.78, 5) is 27.0. The second kappa shape index (κ2) is 6.75. The lowest BCUT2D eigenvalue weighted by Gasteiger charge is -2.11. The van der Waals surface area contributed by atoms with Crippen molar-refractivity contribution in [1.82, 2.24) is 10.3 Å². The number of carboxylic acids is 1. The van der Waals surface area contributed by atoms with Crippen LogP contribution in [0.2, 0.25) is 10.0 Å². The molecule has 9 heteroatoms. The summed E-state index contributed by atoms with van der Waals surface area (Å²) < 4.78 is 0. The number of carboxylic acid groups (broad SMARTS) is 1. The summed E-state index contributed by atoms with van der Waals surface area (Å²) in [6.07, 6.45) is 1.62. The maximum atomic E-state index is 11.8. The van der Waals surface area contributed by atoms with E-state index in [0.717, 1.165) is 5.01 Å². The zero-order chi connectivity index (χ0) is 15.4. The molecule has 6 nitrogen and oxygen atoms in total. The molecule has 3 N–H and O–H groups in total. The molecule has 0 radical (unpaired) electrons. The van der Waals surface area contributed by atoms with Gasteiger partial charge in [-0.15, -0.1) is 11.3 Å². The van der Waals surface area contributed by atoms with E-state index >= 15 is 0 Å². The van der Waals surface area contributed by atoms with Gasteiger partial charge < -0.3 is 15.7 Å². The molecule has 2 rings (SSSR count). The fourth-order valence-electron chi connectivity index (χ4n) is 1.52. The number of amides is 2. The number of hydrogen-bond acceptors (Lipinski definition) is 4. The highest BCUT2D eigenvalue weighted by Crippen LogP contribution is 2.30. The number of rotatable bonds is 4. The smallest absolute Gasteiger partial charge is 0.337 e. The standard InChI is InChI=1S/C12H9Cl2N3O3S/c13-6-3-7(11(18)19)10(8(14)4-6)17-12(20)16-5-9-15-1-2-21-9/h1-4H,5H2,(H,18,19)(H2,16,17,20). The molecular weight excluding hydrogens is 337 g/mol. The van der Waals surface area contributed by atoms with E-state index in [4.69, 9.17) is 28.3 Å². The minimum Gasteiger partial charge on any atom is -0.478 e. The van der Waals surface area contributed by atoms with Crippen molar-refractivity contribution < 1.29 is 14.7 Å². The van der Waals surface area contributed by atoms with Gasteiger partial charge in [0.2, 0.25) is 0 Å². The van der Waals surface area contributed by atoms with Crippen molar-refractivity contribution in [2.45, 2.75) is 6.54 Å². The Morgan fingerprint density at radius 3 is 2.71 bits per heavy atom. The molecule has 0 unspecified atom stereocenters. The predicted octanol–water partition coefficient (Wildman–Crippen LogP) is 3.47. The predicted molar refractivity (Wildman–Crippen MR) is 81.4 cm³/mol. The summed E-state index contributed by atoms with van der Waals surface area (Å²) in [5, 5.41) is 16.8. The van der Waals surface area contributed by atoms with Crippen LogP contribution in [-0.4, -0.2) is 22.1 Å². The van der Waals surface area contributed by atoms with E-state index in [1.54, 1.807) is 11.6 Å². The van der Waals surface area contributed by atoms with E-state index in [1.165, 1.54) is 23.5 Å². The Labute approximate surface area is 133 Å². The first-order valence-corrected chi connectivity index (χ1v) is 7.26. The van der Waals surface area contributed by atoms with Crippen LogP contribution in [0.1, 0.15) is 15.4 Å². The van der Waals surface area contributed by atoms with E-state index in [2.05, 4.69) is 15.6 Å². The highest BCUT2D eigenvalue weighted by atomic mass is 35.5. The van der Waals surface area contributed by atoms with E-state index in [1.807, 2.05) is 0 Å². The molecule has 1 heterocycles. The lowest BCUT2D eigenvalue weighted by molar-refractivity contribution is 0.0698. The number of anilines is 1. The average molecular weight is 346 g/mol. The number of hydrogen-bond donors (Lipinski definition) is 3. The Balaban J connectivity index is 2.11. The third kappa shape index (κ3) is 4.07. The Morgan fingerprint density at radius 2 is 2.10 bits per heavy atom. The molecule has 0 saturated carbocycles. The van der Waals surface area contributed by atoms with Crippen molar-refractivity contribution in [3.63, 3.8) is 0 Å². The van der Waals surface area contributed by atoms with Gasteiger partial charge in [-0.25, -0.2) is 14.6 Å². The minimum absolute atomic E-state index is 0.00907. The number of thiazole rings is 1. The van der Waals surface area contributed by atoms with Gasteiger partial charge in [0.1, 0.15) is 5.01 Å². The van der Waals surface area contributed by atoms with Gasteiger partial charge in [-0.1, -0.05) is 23.2 Å². The quantitative estimate of drug-likeness (QED) is 0.791. The van der Waals surface area contributed by atoms with Crippen LogP contribution in [0.5, 0.6) is 0 Å². The van der Waals surface area contributed by atoms with Crippen molar-refractivity contribution in [3.8, 4) is 0 Å². The SMILES string of the molecule is O=C(NCc1nccs1)Nc1c(Cl)cc(Cl)cc1C(=O)O. The van der Waals surface area contributed by atoms with Crippen molar-refractivity contribution in [2.75, 3.05) is 5.32 Å². The zero-order valence-corrected chi connectivity index (χ0v) is 12.7. The number of aromatic nitrogens is 1. The summed E-state index contributed by atoms with van der Waals surface area (Å²) in [5.74, 6) is -1.24. The molecule has 0 aliphatic rings. The summed E-state index contributed by atoms with van der Waals surface area (Å²) >= 11 is 13.1. The fourth-order valence-corrected chi connectivity index (χ4v) is 2.62. The number of nitrogens with zero attached hydrogens (tertiary/aromatic N) is 1. The third-order valence-corrected chi connectivity index (χ3v) is 3.70. The maximum absolute atomic E-state index is 11.8. The molecule has 2 aromatic rings. The average Bonchev–Trinajstić information content (AvgIpc) is 2.92. The highest BCUT2D eigenvalue weighted by Gasteiger charge is 2.17. The minimum atomic E-state index is -1.24. The van der Waals surface area contributed by atoms with Gasteiger partial charge in [-0.2, -0.15) is 0 Å². The number of nitrogens with one attached hydrogen (secondary N) is 2. The summed E-state index contributed by atoms with van der Waals surface area (Å²) in [7, 11) is 0. The Morgan fingerprint density at radius 1 is 1.33 bits per heavy atom. The largest absolute Gasteiger partial charge is 0.478 e. The van der Waals surface area contributed by atoms with Crippen LogP contribution >= 0.6 is 34.5 Å². The number of benzene rings is 1. The third-order valence-electron chi connectivity index (χ3n) is 2.41. The maximum Gasteiger partial charge on any atom is 0.337 e. The first-order valence-electron chi connectivity index (χ1n) is 5.63. The number of carbonyl (C=O) groups is 2. The lowest BCUT2D eigenvalue weighted by atomic mass is 10.2. The Hall–Kier alpha value is -1.83. The summed E-state index contributed by atoms with van der Waals surface area (Å²) in [6.45, 7) is 0.233. The topological polar surface area (TPSA) is 91.3 Å². The molecule has 2 amide bonds. The first-order chi connectivity index (χ1) is 9.97. The molecule has 0 aliphatic heterocycles. The van der Waals surface area contributed by atoms with Crippen molar-refractivity contribution >= 4 is 52.2 Å². The van der Waals surface area contributed by atoms with Gasteiger partial charge in [-0.3, -0.25) is 0 Å². The van der Waals surface area contributed by atoms with Crippen molar-refractivity contribution in [3.05, 3.63) is 44.3 Å². The van der Waals surface area contributed by atoms with Gasteiger partial charge in [-0.05, 0) is 12.1 Å². The van der Waals surface area contributed by atoms with Gasteiger partial charge in [0.25, 0.3) is 0 Å². The van der Waals surface area contributed by atoms with Crippen LogP contribution in [0.3, 0.4) is 0 Å². The molecule has 110 valence electrons. The van der Waals surface area contributed by atoms with E-state index in [0.29, 0.717) is 0 Å². The number of urea groups is 1. The Kier molecular flexibility index (Phi) is 5.00. The van der Waals surface area contributed by atoms with E-state index in [-0.39, 0.29) is 27.8 Å². The summed E-state index contributed by atoms with van der Waals surface area (Å²) in [6, 6.07) is 1.98. The van der Waals surface area contributed by atoms with Gasteiger partial charge in [0, 0.05) is 16.6 Å². The monoisotopic (exact) mass is 345 g/mol. The van der Waals surface area contributed by atoms with E-state index in [9.17, 15) is 9.59 Å². The Bertz CT molecular complexity index is 677. The normalized spacial score (nSPS) is 10.2. The highest BCUT2D eigenvalue weighted by molar-refractivity contribution is 7.09. The van der Waals surface area contributed by atoms with Gasteiger partial charge in [0.05, 0.1) is 22.8 Å². The van der Waals surface area contributed by atoms with Gasteiger partial charge in [0.15, 0.2) is 0 Å². The molecular formula is C12H9Cl2N3O3S. The fraction of sp³-hybridized carbons (Fsp3) is 0.0833. The van der Waals surface area contributed by atoms with E-state index < -0.39 is 12.0 Å². The van der Waals surface area contributed by atoms with Gasteiger partial charge >= 0.3 is 12.0 Å². The lowest BCUT2D eigenvalue weighted by Crippen LogP contribution is -2.29. The molecule has 0 spiro atoms. The molecule has 0 atom stereocenters. The van der Waals surface area contributed by atoms with Crippen LogP contribution in [-0.2, 0) is 6.54 Å². The number of aromatic carboxylic acids is 1. The first kappa shape index (κ1) is 15.6. The second-order valence-corrected chi connectivity index (χ2v) is 5.67. The van der Waals surface area contributed by atoms with Crippen LogP contribution in [0.25, 0.3) is 0 Å². The van der Waals surface area contributed by atoms with Crippen LogP contribution in [0.15, 0.2) is 23.7 Å². The molecule has 0 aliphatic carbocycles. The molecule has 0 fully saturated rings. The number of halogens is 2. The molecule has 0 saturated heterocycles. The van der Waals surface area contributed by atoms with Crippen LogP contribution < -0.4 is 10.6 Å². The molecule has 1 aromatic heterocycles. The second-order valence-electron chi connectivity index (χ2n) is 3.85.